The molecule has 1 saturated heterocycles. The number of nitrogens with one attached hydrogen (secondary N) is 1. The molecule has 7 heteroatoms. The Morgan fingerprint density at radius 3 is 3.25 bits per heavy atom. The molecule has 1 atom stereocenters. The van der Waals surface area contributed by atoms with Crippen LogP contribution in [0.4, 0.5) is 10.2 Å². The van der Waals surface area contributed by atoms with Crippen LogP contribution >= 0.6 is 0 Å². The van der Waals surface area contributed by atoms with Crippen LogP contribution in [-0.2, 0) is 4.74 Å². The Labute approximate surface area is 116 Å². The summed E-state index contributed by atoms with van der Waals surface area (Å²) >= 11 is 0. The molecule has 106 valence electrons. The zero-order valence-electron chi connectivity index (χ0n) is 11.1. The van der Waals surface area contributed by atoms with E-state index in [9.17, 15) is 9.18 Å². The minimum absolute atomic E-state index is 0.0467. The lowest BCUT2D eigenvalue weighted by atomic mass is 10.2. The number of halogens is 1. The normalized spacial score (nSPS) is 18.4. The van der Waals surface area contributed by atoms with Crippen molar-refractivity contribution in [3.05, 3.63) is 23.6 Å². The molecule has 0 aliphatic carbocycles. The van der Waals surface area contributed by atoms with Crippen LogP contribution in [0.15, 0.2) is 12.3 Å². The first-order valence-electron chi connectivity index (χ1n) is 6.36. The number of ether oxygens (including phenoxy) is 1. The second kappa shape index (κ2) is 6.30. The number of nitriles is 1. The Morgan fingerprint density at radius 1 is 1.75 bits per heavy atom. The minimum Gasteiger partial charge on any atom is -0.368 e. The molecule has 20 heavy (non-hydrogen) atoms. The first kappa shape index (κ1) is 14.2. The molecule has 0 radical (unpaired) electrons. The molecule has 1 aromatic heterocycles. The fourth-order valence-corrected chi connectivity index (χ4v) is 1.98. The van der Waals surface area contributed by atoms with Crippen molar-refractivity contribution in [1.29, 1.82) is 5.26 Å². The number of nitrogens with zero attached hydrogens (tertiary/aromatic N) is 3. The van der Waals surface area contributed by atoms with Crippen LogP contribution in [0.2, 0.25) is 0 Å². The fraction of sp³-hybridized carbons (Fsp3) is 0.462. The summed E-state index contributed by atoms with van der Waals surface area (Å²) in [5.74, 6) is -1.06. The molecule has 6 nitrogen and oxygen atoms in total. The maximum atomic E-state index is 14.2. The highest BCUT2D eigenvalue weighted by atomic mass is 19.1. The van der Waals surface area contributed by atoms with Crippen molar-refractivity contribution in [2.45, 2.75) is 13.0 Å². The van der Waals surface area contributed by atoms with Crippen LogP contribution in [0.3, 0.4) is 0 Å². The number of aromatic nitrogens is 1. The number of hydrogen-bond donors (Lipinski definition) is 1. The van der Waals surface area contributed by atoms with E-state index in [0.29, 0.717) is 13.1 Å². The van der Waals surface area contributed by atoms with Crippen LogP contribution in [0, 0.1) is 17.1 Å². The van der Waals surface area contributed by atoms with E-state index in [1.807, 2.05) is 13.0 Å². The maximum Gasteiger partial charge on any atom is 0.257 e. The summed E-state index contributed by atoms with van der Waals surface area (Å²) in [5, 5.41) is 11.6. The SMILES string of the molecule is CCNc1nccc(C(=O)N2CCOC(C#N)C2)c1F. The van der Waals surface area contributed by atoms with Gasteiger partial charge in [0.1, 0.15) is 0 Å². The summed E-state index contributed by atoms with van der Waals surface area (Å²) in [6.45, 7) is 3.09. The van der Waals surface area contributed by atoms with Crippen LogP contribution in [-0.4, -0.2) is 48.1 Å². The van der Waals surface area contributed by atoms with Gasteiger partial charge in [-0.2, -0.15) is 5.26 Å². The maximum absolute atomic E-state index is 14.2. The molecule has 2 heterocycles. The summed E-state index contributed by atoms with van der Waals surface area (Å²) in [6, 6.07) is 3.29. The predicted octanol–water partition coefficient (Wildman–Crippen LogP) is 1.02. The van der Waals surface area contributed by atoms with Gasteiger partial charge in [-0.3, -0.25) is 4.79 Å². The van der Waals surface area contributed by atoms with Gasteiger partial charge in [0.2, 0.25) is 0 Å². The topological polar surface area (TPSA) is 78.2 Å². The largest absolute Gasteiger partial charge is 0.368 e. The summed E-state index contributed by atoms with van der Waals surface area (Å²) in [6.07, 6.45) is 0.724. The second-order valence-corrected chi connectivity index (χ2v) is 4.29. The first-order valence-corrected chi connectivity index (χ1v) is 6.36. The van der Waals surface area contributed by atoms with Crippen molar-refractivity contribution in [3.8, 4) is 6.07 Å². The van der Waals surface area contributed by atoms with Crippen molar-refractivity contribution in [3.63, 3.8) is 0 Å². The zero-order valence-corrected chi connectivity index (χ0v) is 11.1. The number of carbonyl (C=O) groups is 1. The van der Waals surface area contributed by atoms with E-state index in [0.717, 1.165) is 0 Å². The molecule has 1 aliphatic heterocycles. The minimum atomic E-state index is -0.667. The van der Waals surface area contributed by atoms with Gasteiger partial charge in [-0.25, -0.2) is 9.37 Å². The van der Waals surface area contributed by atoms with E-state index >= 15 is 0 Å². The third-order valence-electron chi connectivity index (χ3n) is 2.96. The molecule has 1 fully saturated rings. The molecule has 1 unspecified atom stereocenters. The number of rotatable bonds is 3. The Morgan fingerprint density at radius 2 is 2.55 bits per heavy atom. The monoisotopic (exact) mass is 278 g/mol. The average molecular weight is 278 g/mol. The van der Waals surface area contributed by atoms with E-state index in [2.05, 4.69) is 10.3 Å². The molecule has 1 aromatic rings. The Hall–Kier alpha value is -2.20. The van der Waals surface area contributed by atoms with E-state index in [1.54, 1.807) is 0 Å². The third-order valence-corrected chi connectivity index (χ3v) is 2.96. The number of carbonyl (C=O) groups excluding carboxylic acids is 1. The van der Waals surface area contributed by atoms with Gasteiger partial charge in [0.15, 0.2) is 17.7 Å². The van der Waals surface area contributed by atoms with Crippen LogP contribution < -0.4 is 5.32 Å². The van der Waals surface area contributed by atoms with Gasteiger partial charge in [-0.1, -0.05) is 0 Å². The Bertz CT molecular complexity index is 544. The number of anilines is 1. The summed E-state index contributed by atoms with van der Waals surface area (Å²) in [5.41, 5.74) is -0.0467. The van der Waals surface area contributed by atoms with Gasteiger partial charge in [0.25, 0.3) is 5.91 Å². The van der Waals surface area contributed by atoms with E-state index in [1.165, 1.54) is 17.2 Å². The standard InChI is InChI=1S/C13H15FN4O2/c1-2-16-12-11(14)10(3-4-17-12)13(19)18-5-6-20-9(7-15)8-18/h3-4,9H,2,5-6,8H2,1H3,(H,16,17). The van der Waals surface area contributed by atoms with Crippen LogP contribution in [0.5, 0.6) is 0 Å². The van der Waals surface area contributed by atoms with E-state index in [4.69, 9.17) is 10.00 Å². The lowest BCUT2D eigenvalue weighted by Crippen LogP contribution is -2.45. The van der Waals surface area contributed by atoms with E-state index < -0.39 is 17.8 Å². The van der Waals surface area contributed by atoms with Crippen molar-refractivity contribution in [1.82, 2.24) is 9.88 Å². The fourth-order valence-electron chi connectivity index (χ4n) is 1.98. The lowest BCUT2D eigenvalue weighted by molar-refractivity contribution is 0.00326. The number of morpholine rings is 1. The molecular formula is C13H15FN4O2. The highest BCUT2D eigenvalue weighted by Crippen LogP contribution is 2.18. The molecule has 0 spiro atoms. The molecule has 1 amide bonds. The predicted molar refractivity (Wildman–Crippen MR) is 69.6 cm³/mol. The summed E-state index contributed by atoms with van der Waals surface area (Å²) < 4.78 is 19.3. The zero-order chi connectivity index (χ0) is 14.5. The highest BCUT2D eigenvalue weighted by Gasteiger charge is 2.27. The second-order valence-electron chi connectivity index (χ2n) is 4.29. The van der Waals surface area contributed by atoms with Gasteiger partial charge in [0.05, 0.1) is 24.8 Å². The smallest absolute Gasteiger partial charge is 0.257 e. The van der Waals surface area contributed by atoms with Gasteiger partial charge in [-0.15, -0.1) is 0 Å². The van der Waals surface area contributed by atoms with Crippen LogP contribution in [0.1, 0.15) is 17.3 Å². The highest BCUT2D eigenvalue weighted by molar-refractivity contribution is 5.95. The molecule has 0 bridgehead atoms. The molecule has 1 N–H and O–H groups in total. The number of amides is 1. The quantitative estimate of drug-likeness (QED) is 0.893. The number of hydrogen-bond acceptors (Lipinski definition) is 5. The summed E-state index contributed by atoms with van der Waals surface area (Å²) in [7, 11) is 0. The molecule has 1 aliphatic rings. The average Bonchev–Trinajstić information content (AvgIpc) is 2.49. The van der Waals surface area contributed by atoms with Crippen molar-refractivity contribution >= 4 is 11.7 Å². The third kappa shape index (κ3) is 2.86. The Kier molecular flexibility index (Phi) is 4.48. The Balaban J connectivity index is 2.21. The van der Waals surface area contributed by atoms with Crippen molar-refractivity contribution in [2.24, 2.45) is 0 Å². The summed E-state index contributed by atoms with van der Waals surface area (Å²) in [4.78, 5) is 17.6. The van der Waals surface area contributed by atoms with Gasteiger partial charge < -0.3 is 15.0 Å². The lowest BCUT2D eigenvalue weighted by Gasteiger charge is -2.29. The first-order chi connectivity index (χ1) is 9.67. The van der Waals surface area contributed by atoms with Gasteiger partial charge in [-0.05, 0) is 13.0 Å². The van der Waals surface area contributed by atoms with E-state index in [-0.39, 0.29) is 24.5 Å². The van der Waals surface area contributed by atoms with Crippen LogP contribution in [0.25, 0.3) is 0 Å². The molecular weight excluding hydrogens is 263 g/mol. The van der Waals surface area contributed by atoms with Gasteiger partial charge >= 0.3 is 0 Å². The number of pyridine rings is 1. The molecule has 0 aromatic carbocycles. The van der Waals surface area contributed by atoms with Crippen molar-refractivity contribution in [2.75, 3.05) is 31.6 Å². The molecule has 0 saturated carbocycles. The van der Waals surface area contributed by atoms with Crippen molar-refractivity contribution < 1.29 is 13.9 Å². The van der Waals surface area contributed by atoms with Gasteiger partial charge in [0, 0.05) is 19.3 Å². The molecule has 2 rings (SSSR count).